The van der Waals surface area contributed by atoms with Crippen molar-refractivity contribution in [1.29, 1.82) is 10.8 Å². The molecule has 0 aromatic heterocycles. The summed E-state index contributed by atoms with van der Waals surface area (Å²) in [5.41, 5.74) is 9.55. The summed E-state index contributed by atoms with van der Waals surface area (Å²) in [6, 6.07) is 4.10. The van der Waals surface area contributed by atoms with Gasteiger partial charge in [0.05, 0.1) is 0 Å². The van der Waals surface area contributed by atoms with Crippen molar-refractivity contribution in [2.45, 2.75) is 20.8 Å². The Hall–Kier alpha value is -2.04. The van der Waals surface area contributed by atoms with Crippen LogP contribution in [0.15, 0.2) is 12.1 Å². The number of rotatable bonds is 1. The molecule has 0 bridgehead atoms. The second-order valence-corrected chi connectivity index (χ2v) is 4.19. The van der Waals surface area contributed by atoms with Gasteiger partial charge in [-0.15, -0.1) is 0 Å². The molecule has 0 atom stereocenters. The maximum atomic E-state index is 7.80. The topological polar surface area (TPSA) is 89.0 Å². The van der Waals surface area contributed by atoms with Crippen molar-refractivity contribution in [3.63, 3.8) is 0 Å². The van der Waals surface area contributed by atoms with Crippen LogP contribution in [-0.2, 0) is 0 Å². The van der Waals surface area contributed by atoms with E-state index in [-0.39, 0.29) is 11.9 Å². The van der Waals surface area contributed by atoms with E-state index in [1.165, 1.54) is 10.5 Å². The highest BCUT2D eigenvalue weighted by Crippen LogP contribution is 2.21. The van der Waals surface area contributed by atoms with Crippen molar-refractivity contribution in [3.05, 3.63) is 28.8 Å². The number of nitrogens with one attached hydrogen (secondary N) is 3. The minimum Gasteiger partial charge on any atom is -0.370 e. The third-order valence-electron chi connectivity index (χ3n) is 2.62. The molecule has 0 saturated carbocycles. The average Bonchev–Trinajstić information content (AvgIpc) is 2.21. The molecule has 0 aliphatic carbocycles. The quantitative estimate of drug-likeness (QED) is 0.440. The predicted molar refractivity (Wildman–Crippen MR) is 71.7 cm³/mol. The van der Waals surface area contributed by atoms with Gasteiger partial charge in [-0.2, -0.15) is 0 Å². The molecule has 0 radical (unpaired) electrons. The van der Waals surface area contributed by atoms with E-state index in [4.69, 9.17) is 16.6 Å². The first-order valence-corrected chi connectivity index (χ1v) is 5.34. The van der Waals surface area contributed by atoms with E-state index >= 15 is 0 Å². The summed E-state index contributed by atoms with van der Waals surface area (Å²) in [5.74, 6) is -0.0718. The summed E-state index contributed by atoms with van der Waals surface area (Å²) >= 11 is 0. The van der Waals surface area contributed by atoms with Gasteiger partial charge in [-0.1, -0.05) is 17.7 Å². The standard InChI is InChI=1S/C12H19N5/c1-7-5-8(2)10(9(3)6-7)16-12(15)17(4)11(13)14/h5-6H,1-4H3,(H3,13,14)(H2,15,16). The summed E-state index contributed by atoms with van der Waals surface area (Å²) < 4.78 is 0. The number of hydrogen-bond acceptors (Lipinski definition) is 2. The number of guanidine groups is 2. The first kappa shape index (κ1) is 13.0. The molecular weight excluding hydrogens is 214 g/mol. The van der Waals surface area contributed by atoms with Crippen LogP contribution in [-0.4, -0.2) is 23.9 Å². The van der Waals surface area contributed by atoms with Crippen molar-refractivity contribution in [3.8, 4) is 0 Å². The van der Waals surface area contributed by atoms with Crippen molar-refractivity contribution in [1.82, 2.24) is 4.90 Å². The minimum absolute atomic E-state index is 0.0903. The van der Waals surface area contributed by atoms with Crippen LogP contribution >= 0.6 is 0 Å². The van der Waals surface area contributed by atoms with E-state index < -0.39 is 0 Å². The molecule has 17 heavy (non-hydrogen) atoms. The van der Waals surface area contributed by atoms with Crippen LogP contribution < -0.4 is 11.1 Å². The lowest BCUT2D eigenvalue weighted by molar-refractivity contribution is 0.724. The Morgan fingerprint density at radius 3 is 2.06 bits per heavy atom. The second kappa shape index (κ2) is 4.86. The molecule has 0 spiro atoms. The van der Waals surface area contributed by atoms with Gasteiger partial charge in [-0.05, 0) is 31.9 Å². The molecule has 1 rings (SSSR count). The molecule has 0 fully saturated rings. The van der Waals surface area contributed by atoms with Crippen LogP contribution in [0.5, 0.6) is 0 Å². The normalized spacial score (nSPS) is 9.88. The summed E-state index contributed by atoms with van der Waals surface area (Å²) in [7, 11) is 1.58. The monoisotopic (exact) mass is 233 g/mol. The Balaban J connectivity index is 2.96. The smallest absolute Gasteiger partial charge is 0.202 e. The van der Waals surface area contributed by atoms with Crippen LogP contribution in [0.1, 0.15) is 16.7 Å². The maximum absolute atomic E-state index is 7.80. The van der Waals surface area contributed by atoms with Crippen LogP contribution in [0.4, 0.5) is 5.69 Å². The van der Waals surface area contributed by atoms with Crippen LogP contribution in [0, 0.1) is 31.6 Å². The Morgan fingerprint density at radius 2 is 1.65 bits per heavy atom. The number of aryl methyl sites for hydroxylation is 3. The van der Waals surface area contributed by atoms with Crippen molar-refractivity contribution < 1.29 is 0 Å². The van der Waals surface area contributed by atoms with Gasteiger partial charge in [-0.25, -0.2) is 0 Å². The van der Waals surface area contributed by atoms with E-state index in [0.717, 1.165) is 16.8 Å². The lowest BCUT2D eigenvalue weighted by atomic mass is 10.1. The molecule has 1 aromatic rings. The minimum atomic E-state index is -0.162. The van der Waals surface area contributed by atoms with Crippen LogP contribution in [0.3, 0.4) is 0 Å². The van der Waals surface area contributed by atoms with Gasteiger partial charge in [0.1, 0.15) is 0 Å². The zero-order valence-corrected chi connectivity index (χ0v) is 10.7. The molecule has 0 aliphatic rings. The van der Waals surface area contributed by atoms with Gasteiger partial charge < -0.3 is 11.1 Å². The van der Waals surface area contributed by atoms with E-state index in [1.807, 2.05) is 20.8 Å². The Bertz CT molecular complexity index is 441. The number of nitrogens with zero attached hydrogens (tertiary/aromatic N) is 1. The number of hydrogen-bond donors (Lipinski definition) is 4. The highest BCUT2D eigenvalue weighted by atomic mass is 15.3. The lowest BCUT2D eigenvalue weighted by Gasteiger charge is -2.21. The average molecular weight is 233 g/mol. The first-order valence-electron chi connectivity index (χ1n) is 5.34. The summed E-state index contributed by atoms with van der Waals surface area (Å²) in [6.07, 6.45) is 0. The molecule has 0 amide bonds. The number of benzene rings is 1. The largest absolute Gasteiger partial charge is 0.370 e. The van der Waals surface area contributed by atoms with E-state index in [0.29, 0.717) is 0 Å². The Labute approximate surface area is 102 Å². The van der Waals surface area contributed by atoms with Crippen LogP contribution in [0.2, 0.25) is 0 Å². The molecule has 5 nitrogen and oxygen atoms in total. The molecule has 0 heterocycles. The van der Waals surface area contributed by atoms with Gasteiger partial charge in [0.15, 0.2) is 5.96 Å². The third kappa shape index (κ3) is 2.96. The molecule has 1 aromatic carbocycles. The van der Waals surface area contributed by atoms with Gasteiger partial charge in [0.25, 0.3) is 0 Å². The second-order valence-electron chi connectivity index (χ2n) is 4.19. The van der Waals surface area contributed by atoms with Gasteiger partial charge in [0.2, 0.25) is 5.96 Å². The molecule has 5 heteroatoms. The zero-order chi connectivity index (χ0) is 13.2. The third-order valence-corrected chi connectivity index (χ3v) is 2.62. The van der Waals surface area contributed by atoms with E-state index in [1.54, 1.807) is 7.05 Å². The fourth-order valence-electron chi connectivity index (χ4n) is 1.70. The number of anilines is 1. The first-order chi connectivity index (χ1) is 7.82. The lowest BCUT2D eigenvalue weighted by Crippen LogP contribution is -2.41. The summed E-state index contributed by atoms with van der Waals surface area (Å²) in [5, 5.41) is 18.0. The van der Waals surface area contributed by atoms with E-state index in [2.05, 4.69) is 17.4 Å². The summed E-state index contributed by atoms with van der Waals surface area (Å²) in [6.45, 7) is 6.02. The van der Waals surface area contributed by atoms with Crippen molar-refractivity contribution in [2.24, 2.45) is 5.73 Å². The SMILES string of the molecule is Cc1cc(C)c(NC(=N)N(C)C(=N)N)c(C)c1. The van der Waals surface area contributed by atoms with Crippen molar-refractivity contribution >= 4 is 17.6 Å². The molecule has 0 aliphatic heterocycles. The Morgan fingerprint density at radius 1 is 1.18 bits per heavy atom. The molecule has 0 saturated heterocycles. The molecule has 5 N–H and O–H groups in total. The highest BCUT2D eigenvalue weighted by molar-refractivity contribution is 6.02. The Kier molecular flexibility index (Phi) is 3.73. The van der Waals surface area contributed by atoms with Gasteiger partial charge in [0, 0.05) is 12.7 Å². The van der Waals surface area contributed by atoms with Crippen molar-refractivity contribution in [2.75, 3.05) is 12.4 Å². The fourth-order valence-corrected chi connectivity index (χ4v) is 1.70. The fraction of sp³-hybridized carbons (Fsp3) is 0.333. The summed E-state index contributed by atoms with van der Waals surface area (Å²) in [4.78, 5) is 1.28. The maximum Gasteiger partial charge on any atom is 0.202 e. The highest BCUT2D eigenvalue weighted by Gasteiger charge is 2.10. The molecule has 92 valence electrons. The van der Waals surface area contributed by atoms with E-state index in [9.17, 15) is 0 Å². The van der Waals surface area contributed by atoms with Crippen LogP contribution in [0.25, 0.3) is 0 Å². The molecular formula is C12H19N5. The number of nitrogens with two attached hydrogens (primary N) is 1. The van der Waals surface area contributed by atoms with Gasteiger partial charge >= 0.3 is 0 Å². The molecule has 0 unspecified atom stereocenters. The zero-order valence-electron chi connectivity index (χ0n) is 10.7. The predicted octanol–water partition coefficient (Wildman–Crippen LogP) is 1.78. The van der Waals surface area contributed by atoms with Gasteiger partial charge in [-0.3, -0.25) is 15.7 Å².